The molecule has 0 bridgehead atoms. The predicted molar refractivity (Wildman–Crippen MR) is 96.8 cm³/mol. The molecule has 2 aliphatic heterocycles. The maximum absolute atomic E-state index is 5.44. The molecule has 0 saturated carbocycles. The van der Waals surface area contributed by atoms with Crippen molar-refractivity contribution in [3.8, 4) is 0 Å². The minimum absolute atomic E-state index is 0.730. The Morgan fingerprint density at radius 3 is 2.82 bits per heavy atom. The van der Waals surface area contributed by atoms with Gasteiger partial charge in [0.2, 0.25) is 0 Å². The SMILES string of the molecule is CCNC(=NCCC1CCOCC1)N1CCSC(C(C)C)C1. The second-order valence-corrected chi connectivity index (χ2v) is 8.03. The first-order chi connectivity index (χ1) is 10.7. The van der Waals surface area contributed by atoms with Gasteiger partial charge in [-0.3, -0.25) is 4.99 Å². The normalized spacial score (nSPS) is 24.8. The molecule has 0 aromatic rings. The third-order valence-corrected chi connectivity index (χ3v) is 6.15. The maximum Gasteiger partial charge on any atom is 0.193 e. The van der Waals surface area contributed by atoms with E-state index in [-0.39, 0.29) is 0 Å². The fourth-order valence-electron chi connectivity index (χ4n) is 3.09. The van der Waals surface area contributed by atoms with E-state index in [0.717, 1.165) is 62.4 Å². The molecular formula is C17H33N3OS. The quantitative estimate of drug-likeness (QED) is 0.622. The zero-order chi connectivity index (χ0) is 15.8. The van der Waals surface area contributed by atoms with Crippen LogP contribution < -0.4 is 5.32 Å². The van der Waals surface area contributed by atoms with Gasteiger partial charge in [-0.2, -0.15) is 11.8 Å². The molecule has 0 amide bonds. The summed E-state index contributed by atoms with van der Waals surface area (Å²) in [6.45, 7) is 12.8. The minimum Gasteiger partial charge on any atom is -0.381 e. The predicted octanol–water partition coefficient (Wildman–Crippen LogP) is 2.84. The van der Waals surface area contributed by atoms with Gasteiger partial charge in [-0.05, 0) is 38.0 Å². The van der Waals surface area contributed by atoms with E-state index in [0.29, 0.717) is 0 Å². The van der Waals surface area contributed by atoms with Crippen LogP contribution in [0.1, 0.15) is 40.0 Å². The lowest BCUT2D eigenvalue weighted by molar-refractivity contribution is 0.0646. The Hall–Kier alpha value is -0.420. The fourth-order valence-corrected chi connectivity index (χ4v) is 4.38. The number of rotatable bonds is 5. The first-order valence-corrected chi connectivity index (χ1v) is 9.98. The van der Waals surface area contributed by atoms with Crippen molar-refractivity contribution in [3.63, 3.8) is 0 Å². The Labute approximate surface area is 140 Å². The average molecular weight is 328 g/mol. The Kier molecular flexibility index (Phi) is 7.87. The zero-order valence-corrected chi connectivity index (χ0v) is 15.3. The van der Waals surface area contributed by atoms with Crippen LogP contribution in [-0.4, -0.2) is 61.3 Å². The number of hydrogen-bond acceptors (Lipinski definition) is 3. The smallest absolute Gasteiger partial charge is 0.193 e. The van der Waals surface area contributed by atoms with E-state index in [9.17, 15) is 0 Å². The van der Waals surface area contributed by atoms with Gasteiger partial charge >= 0.3 is 0 Å². The van der Waals surface area contributed by atoms with Gasteiger partial charge in [-0.25, -0.2) is 0 Å². The molecule has 1 atom stereocenters. The summed E-state index contributed by atoms with van der Waals surface area (Å²) in [4.78, 5) is 7.37. The summed E-state index contributed by atoms with van der Waals surface area (Å²) in [7, 11) is 0. The number of nitrogens with zero attached hydrogens (tertiary/aromatic N) is 2. The van der Waals surface area contributed by atoms with Crippen LogP contribution >= 0.6 is 11.8 Å². The molecule has 22 heavy (non-hydrogen) atoms. The lowest BCUT2D eigenvalue weighted by atomic mass is 9.97. The number of guanidine groups is 1. The van der Waals surface area contributed by atoms with Crippen molar-refractivity contribution in [2.45, 2.75) is 45.3 Å². The van der Waals surface area contributed by atoms with Gasteiger partial charge in [-0.1, -0.05) is 13.8 Å². The Morgan fingerprint density at radius 1 is 1.36 bits per heavy atom. The number of ether oxygens (including phenoxy) is 1. The fraction of sp³-hybridized carbons (Fsp3) is 0.941. The highest BCUT2D eigenvalue weighted by atomic mass is 32.2. The molecule has 1 N–H and O–H groups in total. The van der Waals surface area contributed by atoms with Gasteiger partial charge in [-0.15, -0.1) is 0 Å². The third-order valence-electron chi connectivity index (χ3n) is 4.61. The molecule has 2 rings (SSSR count). The molecule has 2 fully saturated rings. The van der Waals surface area contributed by atoms with E-state index in [1.54, 1.807) is 0 Å². The van der Waals surface area contributed by atoms with Crippen LogP contribution in [0.15, 0.2) is 4.99 Å². The lowest BCUT2D eigenvalue weighted by Gasteiger charge is -2.36. The van der Waals surface area contributed by atoms with Crippen molar-refractivity contribution in [2.24, 2.45) is 16.8 Å². The molecule has 2 heterocycles. The minimum atomic E-state index is 0.730. The summed E-state index contributed by atoms with van der Waals surface area (Å²) in [6, 6.07) is 0. The van der Waals surface area contributed by atoms with E-state index >= 15 is 0 Å². The number of thioether (sulfide) groups is 1. The van der Waals surface area contributed by atoms with Crippen LogP contribution in [0.2, 0.25) is 0 Å². The summed E-state index contributed by atoms with van der Waals surface area (Å²) in [5, 5.41) is 4.22. The monoisotopic (exact) mass is 327 g/mol. The van der Waals surface area contributed by atoms with Crippen LogP contribution in [0, 0.1) is 11.8 Å². The van der Waals surface area contributed by atoms with E-state index in [2.05, 4.69) is 42.7 Å². The molecule has 0 aromatic carbocycles. The molecule has 0 spiro atoms. The first-order valence-electron chi connectivity index (χ1n) is 8.93. The summed E-state index contributed by atoms with van der Waals surface area (Å²) in [5.41, 5.74) is 0. The molecule has 5 heteroatoms. The third kappa shape index (κ3) is 5.65. The van der Waals surface area contributed by atoms with Crippen LogP contribution in [0.4, 0.5) is 0 Å². The molecule has 2 aliphatic rings. The second-order valence-electron chi connectivity index (χ2n) is 6.68. The molecule has 1 unspecified atom stereocenters. The van der Waals surface area contributed by atoms with Crippen molar-refractivity contribution in [3.05, 3.63) is 0 Å². The van der Waals surface area contributed by atoms with Crippen LogP contribution in [0.25, 0.3) is 0 Å². The van der Waals surface area contributed by atoms with Gasteiger partial charge < -0.3 is 15.0 Å². The maximum atomic E-state index is 5.44. The number of aliphatic imine (C=N–C) groups is 1. The van der Waals surface area contributed by atoms with E-state index in [1.807, 2.05) is 0 Å². The summed E-state index contributed by atoms with van der Waals surface area (Å²) in [6.07, 6.45) is 3.62. The van der Waals surface area contributed by atoms with Crippen LogP contribution in [-0.2, 0) is 4.74 Å². The summed E-state index contributed by atoms with van der Waals surface area (Å²) >= 11 is 2.12. The Morgan fingerprint density at radius 2 is 2.14 bits per heavy atom. The Balaban J connectivity index is 1.85. The first kappa shape index (κ1) is 17.9. The molecule has 0 aliphatic carbocycles. The van der Waals surface area contributed by atoms with E-state index < -0.39 is 0 Å². The van der Waals surface area contributed by atoms with E-state index in [1.165, 1.54) is 25.0 Å². The molecule has 128 valence electrons. The summed E-state index contributed by atoms with van der Waals surface area (Å²) < 4.78 is 5.44. The highest BCUT2D eigenvalue weighted by molar-refractivity contribution is 8.00. The van der Waals surface area contributed by atoms with Crippen LogP contribution in [0.3, 0.4) is 0 Å². The summed E-state index contributed by atoms with van der Waals surface area (Å²) in [5.74, 6) is 3.88. The average Bonchev–Trinajstić information content (AvgIpc) is 2.55. The standard InChI is InChI=1S/C17H33N3OS/c1-4-18-17(19-8-5-15-6-10-21-11-7-15)20-9-12-22-16(13-20)14(2)3/h14-16H,4-13H2,1-3H3,(H,18,19). The molecule has 2 saturated heterocycles. The lowest BCUT2D eigenvalue weighted by Crippen LogP contribution is -2.49. The molecule has 0 aromatic heterocycles. The van der Waals surface area contributed by atoms with Gasteiger partial charge in [0.05, 0.1) is 0 Å². The van der Waals surface area contributed by atoms with Gasteiger partial charge in [0.25, 0.3) is 0 Å². The van der Waals surface area contributed by atoms with E-state index in [4.69, 9.17) is 9.73 Å². The highest BCUT2D eigenvalue weighted by Crippen LogP contribution is 2.25. The van der Waals surface area contributed by atoms with Crippen molar-refractivity contribution in [2.75, 3.05) is 45.1 Å². The number of nitrogens with one attached hydrogen (secondary N) is 1. The van der Waals surface area contributed by atoms with Gasteiger partial charge in [0, 0.05) is 50.4 Å². The van der Waals surface area contributed by atoms with Crippen LogP contribution in [0.5, 0.6) is 0 Å². The largest absolute Gasteiger partial charge is 0.381 e. The van der Waals surface area contributed by atoms with Crippen molar-refractivity contribution in [1.82, 2.24) is 10.2 Å². The topological polar surface area (TPSA) is 36.9 Å². The van der Waals surface area contributed by atoms with Crippen molar-refractivity contribution >= 4 is 17.7 Å². The second kappa shape index (κ2) is 9.66. The van der Waals surface area contributed by atoms with Gasteiger partial charge in [0.15, 0.2) is 5.96 Å². The van der Waals surface area contributed by atoms with Crippen molar-refractivity contribution < 1.29 is 4.74 Å². The van der Waals surface area contributed by atoms with Gasteiger partial charge in [0.1, 0.15) is 0 Å². The Bertz CT molecular complexity index is 343. The number of hydrogen-bond donors (Lipinski definition) is 1. The van der Waals surface area contributed by atoms with Crippen molar-refractivity contribution in [1.29, 1.82) is 0 Å². The molecule has 0 radical (unpaired) electrons. The molecular weight excluding hydrogens is 294 g/mol. The molecule has 4 nitrogen and oxygen atoms in total. The highest BCUT2D eigenvalue weighted by Gasteiger charge is 2.24. The zero-order valence-electron chi connectivity index (χ0n) is 14.5.